The summed E-state index contributed by atoms with van der Waals surface area (Å²) < 4.78 is 4.24. The Hall–Kier alpha value is -3.29. The molecule has 40 heavy (non-hydrogen) atoms. The van der Waals surface area contributed by atoms with Crippen LogP contribution in [0.3, 0.4) is 0 Å². The largest absolute Gasteiger partial charge is 0.328 e. The predicted molar refractivity (Wildman–Crippen MR) is 160 cm³/mol. The average Bonchev–Trinajstić information content (AvgIpc) is 3.61. The summed E-state index contributed by atoms with van der Waals surface area (Å²) in [5, 5.41) is 14.7. The molecule has 1 aromatic carbocycles. The molecule has 1 fully saturated rings. The number of aromatic amines is 1. The summed E-state index contributed by atoms with van der Waals surface area (Å²) in [6.07, 6.45) is 15.7. The van der Waals surface area contributed by atoms with Crippen molar-refractivity contribution in [3.63, 3.8) is 0 Å². The zero-order valence-corrected chi connectivity index (χ0v) is 24.8. The number of hydrogen-bond acceptors (Lipinski definition) is 5. The Morgan fingerprint density at radius 3 is 2.52 bits per heavy atom. The normalized spacial score (nSPS) is 24.8. The van der Waals surface area contributed by atoms with Gasteiger partial charge in [0.15, 0.2) is 0 Å². The Morgan fingerprint density at radius 1 is 1.12 bits per heavy atom. The summed E-state index contributed by atoms with van der Waals surface area (Å²) in [5.74, 6) is 2.66. The highest BCUT2D eigenvalue weighted by Crippen LogP contribution is 2.45. The second-order valence-electron chi connectivity index (χ2n) is 12.6. The van der Waals surface area contributed by atoms with E-state index in [2.05, 4.69) is 93.8 Å². The highest BCUT2D eigenvalue weighted by atomic mass is 16.1. The van der Waals surface area contributed by atoms with Crippen molar-refractivity contribution in [2.75, 3.05) is 0 Å². The van der Waals surface area contributed by atoms with Crippen LogP contribution in [0, 0.1) is 23.7 Å². The van der Waals surface area contributed by atoms with Crippen LogP contribution in [0.2, 0.25) is 0 Å². The summed E-state index contributed by atoms with van der Waals surface area (Å²) in [6.45, 7) is 12.1. The van der Waals surface area contributed by atoms with Gasteiger partial charge in [0.1, 0.15) is 0 Å². The molecule has 1 aliphatic carbocycles. The smallest absolute Gasteiger partial charge is 0.295 e. The number of hydrogen-bond donors (Lipinski definition) is 1. The molecule has 2 aliphatic rings. The second-order valence-corrected chi connectivity index (χ2v) is 12.6. The van der Waals surface area contributed by atoms with Gasteiger partial charge in [0.2, 0.25) is 5.82 Å². The Kier molecular flexibility index (Phi) is 8.52. The number of nitrogens with one attached hydrogen (secondary N) is 1. The average molecular weight is 544 g/mol. The van der Waals surface area contributed by atoms with Crippen molar-refractivity contribution in [3.05, 3.63) is 64.5 Å². The first-order valence-electron chi connectivity index (χ1n) is 15.2. The van der Waals surface area contributed by atoms with Crippen LogP contribution in [0.15, 0.2) is 52.5 Å². The van der Waals surface area contributed by atoms with Crippen LogP contribution in [0.25, 0.3) is 11.4 Å². The van der Waals surface area contributed by atoms with Crippen molar-refractivity contribution in [2.45, 2.75) is 97.6 Å². The second kappa shape index (κ2) is 12.1. The van der Waals surface area contributed by atoms with Crippen molar-refractivity contribution >= 4 is 6.21 Å². The van der Waals surface area contributed by atoms with E-state index in [-0.39, 0.29) is 11.7 Å². The molecule has 0 bridgehead atoms. The van der Waals surface area contributed by atoms with Gasteiger partial charge in [-0.15, -0.1) is 10.2 Å². The number of aliphatic imine (C=N–C) groups is 1. The topological polar surface area (TPSA) is 93.8 Å². The number of imidazole rings is 1. The molecule has 214 valence electrons. The molecule has 0 amide bonds. The van der Waals surface area contributed by atoms with Crippen LogP contribution in [0.1, 0.15) is 90.4 Å². The highest BCUT2D eigenvalue weighted by Gasteiger charge is 2.40. The number of nitrogens with zero attached hydrogens (tertiary/aromatic N) is 6. The zero-order chi connectivity index (χ0) is 28.3. The lowest BCUT2D eigenvalue weighted by Crippen LogP contribution is -2.42. The SMILES string of the molecule is CCCCc1cn(C2C(C(C)C)CCCC2C(C)C)c(=O)n1CC1(c2cccc(-c3nn[nH]n3)c2)C=CN=CC1. The van der Waals surface area contributed by atoms with Crippen LogP contribution < -0.4 is 5.69 Å². The minimum absolute atomic E-state index is 0.138. The van der Waals surface area contributed by atoms with E-state index in [9.17, 15) is 4.79 Å². The summed E-state index contributed by atoms with van der Waals surface area (Å²) >= 11 is 0. The Labute approximate surface area is 238 Å². The number of tetrazole rings is 1. The molecule has 0 saturated heterocycles. The van der Waals surface area contributed by atoms with Gasteiger partial charge in [-0.3, -0.25) is 14.1 Å². The fourth-order valence-electron chi connectivity index (χ4n) is 7.09. The van der Waals surface area contributed by atoms with Gasteiger partial charge < -0.3 is 0 Å². The summed E-state index contributed by atoms with van der Waals surface area (Å²) in [6, 6.07) is 8.55. The molecule has 3 heterocycles. The van der Waals surface area contributed by atoms with Gasteiger partial charge in [0.05, 0.1) is 0 Å². The third-order valence-corrected chi connectivity index (χ3v) is 9.38. The lowest BCUT2D eigenvalue weighted by molar-refractivity contribution is 0.0871. The van der Waals surface area contributed by atoms with Gasteiger partial charge in [0.25, 0.3) is 0 Å². The molecule has 8 nitrogen and oxygen atoms in total. The van der Waals surface area contributed by atoms with E-state index < -0.39 is 5.41 Å². The van der Waals surface area contributed by atoms with E-state index in [1.807, 2.05) is 24.5 Å². The molecule has 1 aliphatic heterocycles. The minimum Gasteiger partial charge on any atom is -0.295 e. The van der Waals surface area contributed by atoms with Gasteiger partial charge in [-0.2, -0.15) is 5.21 Å². The van der Waals surface area contributed by atoms with E-state index in [1.54, 1.807) is 0 Å². The van der Waals surface area contributed by atoms with Crippen molar-refractivity contribution in [3.8, 4) is 11.4 Å². The standard InChI is InChI=1S/C32H45N7O/c1-6-7-12-26-20-38(29-27(22(2)3)13-9-14-28(29)23(4)5)31(40)39(26)21-32(15-17-33-18-16-32)25-11-8-10-24(19-25)30-34-36-37-35-30/h8,10-11,15,17-20,22-23,27-29H,6-7,9,12-14,16,21H2,1-5H3,(H,34,35,36,37). The van der Waals surface area contributed by atoms with Crippen molar-refractivity contribution in [1.29, 1.82) is 0 Å². The Bertz CT molecular complexity index is 1360. The number of allylic oxidation sites excluding steroid dienone is 1. The van der Waals surface area contributed by atoms with Gasteiger partial charge in [-0.25, -0.2) is 4.79 Å². The van der Waals surface area contributed by atoms with E-state index in [1.165, 1.54) is 19.3 Å². The predicted octanol–water partition coefficient (Wildman–Crippen LogP) is 6.37. The van der Waals surface area contributed by atoms with E-state index in [0.717, 1.165) is 42.5 Å². The third-order valence-electron chi connectivity index (χ3n) is 9.38. The van der Waals surface area contributed by atoms with E-state index in [0.29, 0.717) is 36.0 Å². The molecule has 0 spiro atoms. The number of aryl methyl sites for hydroxylation is 1. The first-order valence-corrected chi connectivity index (χ1v) is 15.2. The molecule has 8 heteroatoms. The molecular weight excluding hydrogens is 498 g/mol. The first kappa shape index (κ1) is 28.2. The van der Waals surface area contributed by atoms with Gasteiger partial charge in [0, 0.05) is 47.9 Å². The highest BCUT2D eigenvalue weighted by molar-refractivity contribution is 5.65. The maximum atomic E-state index is 14.5. The molecule has 1 N–H and O–H groups in total. The summed E-state index contributed by atoms with van der Waals surface area (Å²) in [7, 11) is 0. The lowest BCUT2D eigenvalue weighted by Gasteiger charge is -2.42. The molecule has 3 atom stereocenters. The van der Waals surface area contributed by atoms with Gasteiger partial charge >= 0.3 is 5.69 Å². The number of rotatable bonds is 10. The first-order chi connectivity index (χ1) is 19.3. The number of unbranched alkanes of at least 4 members (excludes halogenated alkanes) is 1. The molecule has 0 radical (unpaired) electrons. The Balaban J connectivity index is 1.61. The van der Waals surface area contributed by atoms with E-state index >= 15 is 0 Å². The van der Waals surface area contributed by atoms with Crippen LogP contribution in [-0.2, 0) is 18.4 Å². The fraction of sp³-hybridized carbons (Fsp3) is 0.594. The molecule has 1 saturated carbocycles. The van der Waals surface area contributed by atoms with E-state index in [4.69, 9.17) is 0 Å². The van der Waals surface area contributed by atoms with Crippen LogP contribution in [0.5, 0.6) is 0 Å². The lowest BCUT2D eigenvalue weighted by atomic mass is 9.68. The zero-order valence-electron chi connectivity index (χ0n) is 24.8. The van der Waals surface area contributed by atoms with Crippen molar-refractivity contribution in [2.24, 2.45) is 28.7 Å². The van der Waals surface area contributed by atoms with Gasteiger partial charge in [-0.1, -0.05) is 71.7 Å². The number of benzene rings is 1. The maximum absolute atomic E-state index is 14.5. The quantitative estimate of drug-likeness (QED) is 0.322. The molecule has 3 aromatic rings. The summed E-state index contributed by atoms with van der Waals surface area (Å²) in [4.78, 5) is 18.9. The van der Waals surface area contributed by atoms with Crippen molar-refractivity contribution in [1.82, 2.24) is 29.8 Å². The maximum Gasteiger partial charge on any atom is 0.328 e. The molecular formula is C32H45N7O. The van der Waals surface area contributed by atoms with Gasteiger partial charge in [-0.05, 0) is 72.6 Å². The minimum atomic E-state index is -0.403. The molecule has 3 unspecified atom stereocenters. The van der Waals surface area contributed by atoms with Crippen molar-refractivity contribution < 1.29 is 0 Å². The monoisotopic (exact) mass is 543 g/mol. The molecule has 2 aromatic heterocycles. The van der Waals surface area contributed by atoms with Crippen LogP contribution in [-0.4, -0.2) is 36.0 Å². The Morgan fingerprint density at radius 2 is 1.90 bits per heavy atom. The van der Waals surface area contributed by atoms with Crippen LogP contribution >= 0.6 is 0 Å². The summed E-state index contributed by atoms with van der Waals surface area (Å²) in [5.41, 5.74) is 2.90. The number of aromatic nitrogens is 6. The third kappa shape index (κ3) is 5.50. The fourth-order valence-corrected chi connectivity index (χ4v) is 7.09. The number of H-pyrrole nitrogens is 1. The van der Waals surface area contributed by atoms with Crippen LogP contribution in [0.4, 0.5) is 0 Å². The molecule has 5 rings (SSSR count).